The number of alkyl halides is 2. The van der Waals surface area contributed by atoms with Crippen molar-refractivity contribution in [3.8, 4) is 0 Å². The van der Waals surface area contributed by atoms with E-state index in [9.17, 15) is 4.79 Å². The summed E-state index contributed by atoms with van der Waals surface area (Å²) < 4.78 is 0. The van der Waals surface area contributed by atoms with Gasteiger partial charge >= 0.3 is 0 Å². The van der Waals surface area contributed by atoms with Crippen LogP contribution in [0.3, 0.4) is 0 Å². The van der Waals surface area contributed by atoms with E-state index in [1.807, 2.05) is 6.92 Å². The van der Waals surface area contributed by atoms with Gasteiger partial charge in [-0.25, -0.2) is 0 Å². The van der Waals surface area contributed by atoms with E-state index in [4.69, 9.17) is 0 Å². The molecule has 1 N–H and O–H groups in total. The molecule has 0 rings (SSSR count). The van der Waals surface area contributed by atoms with Gasteiger partial charge in [-0.1, -0.05) is 51.6 Å². The Hall–Kier alpha value is 0.430. The number of nitrogens with one attached hydrogen (secondary N) is 1. The minimum absolute atomic E-state index is 0.153. The minimum atomic E-state index is -0.163. The lowest BCUT2D eigenvalue weighted by atomic mass is 10.1. The molecule has 2 nitrogen and oxygen atoms in total. The Labute approximate surface area is 103 Å². The predicted molar refractivity (Wildman–Crippen MR) is 68.3 cm³/mol. The molecule has 0 atom stereocenters. The second kappa shape index (κ2) is 7.69. The van der Waals surface area contributed by atoms with Crippen LogP contribution >= 0.6 is 31.9 Å². The summed E-state index contributed by atoms with van der Waals surface area (Å²) in [7, 11) is 0. The van der Waals surface area contributed by atoms with E-state index in [0.29, 0.717) is 6.42 Å². The summed E-state index contributed by atoms with van der Waals surface area (Å²) >= 11 is 6.80. The zero-order chi connectivity index (χ0) is 11.0. The van der Waals surface area contributed by atoms with Crippen LogP contribution in [0.5, 0.6) is 0 Å². The Morgan fingerprint density at radius 1 is 1.29 bits per heavy atom. The van der Waals surface area contributed by atoms with Crippen LogP contribution in [-0.4, -0.2) is 22.1 Å². The summed E-state index contributed by atoms with van der Waals surface area (Å²) in [6.07, 6.45) is 3.92. The summed E-state index contributed by atoms with van der Waals surface area (Å²) in [6, 6.07) is 0. The molecular formula is C10H19Br2NO. The summed E-state index contributed by atoms with van der Waals surface area (Å²) in [5.74, 6) is 0.153. The molecule has 0 heterocycles. The molecular weight excluding hydrogens is 310 g/mol. The normalized spacial score (nSPS) is 11.4. The van der Waals surface area contributed by atoms with E-state index in [2.05, 4.69) is 44.1 Å². The van der Waals surface area contributed by atoms with Crippen LogP contribution in [0.15, 0.2) is 0 Å². The van der Waals surface area contributed by atoms with Gasteiger partial charge in [-0.3, -0.25) is 4.79 Å². The highest BCUT2D eigenvalue weighted by Gasteiger charge is 2.22. The molecule has 0 spiro atoms. The highest BCUT2D eigenvalue weighted by molar-refractivity contribution is 9.09. The zero-order valence-corrected chi connectivity index (χ0v) is 12.1. The first-order valence-electron chi connectivity index (χ1n) is 5.01. The predicted octanol–water partition coefficient (Wildman–Crippen LogP) is 3.23. The molecule has 0 unspecified atom stereocenters. The number of amides is 1. The van der Waals surface area contributed by atoms with Crippen molar-refractivity contribution in [2.75, 3.05) is 10.7 Å². The van der Waals surface area contributed by atoms with Crippen molar-refractivity contribution in [3.05, 3.63) is 0 Å². The fourth-order valence-corrected chi connectivity index (χ4v) is 2.25. The number of unbranched alkanes of at least 4 members (excludes halogenated alkanes) is 2. The van der Waals surface area contributed by atoms with E-state index < -0.39 is 0 Å². The van der Waals surface area contributed by atoms with Gasteiger partial charge in [0.25, 0.3) is 0 Å². The third kappa shape index (κ3) is 6.02. The van der Waals surface area contributed by atoms with Gasteiger partial charge in [-0.15, -0.1) is 0 Å². The number of hydrogen-bond donors (Lipinski definition) is 1. The van der Waals surface area contributed by atoms with Crippen LogP contribution in [0.2, 0.25) is 0 Å². The van der Waals surface area contributed by atoms with Crippen molar-refractivity contribution in [1.82, 2.24) is 5.32 Å². The van der Waals surface area contributed by atoms with Crippen LogP contribution in [0.1, 0.15) is 39.5 Å². The summed E-state index contributed by atoms with van der Waals surface area (Å²) in [4.78, 5) is 11.5. The van der Waals surface area contributed by atoms with E-state index in [1.165, 1.54) is 0 Å². The van der Waals surface area contributed by atoms with Gasteiger partial charge in [-0.05, 0) is 13.3 Å². The standard InChI is InChI=1S/C10H19Br2NO/c1-3-4-5-6-9(14)13-10(2,7-11)8-12/h3-8H2,1-2H3,(H,13,14). The topological polar surface area (TPSA) is 29.1 Å². The van der Waals surface area contributed by atoms with Crippen molar-refractivity contribution in [2.24, 2.45) is 0 Å². The van der Waals surface area contributed by atoms with Crippen molar-refractivity contribution in [1.29, 1.82) is 0 Å². The fraction of sp³-hybridized carbons (Fsp3) is 0.900. The molecule has 14 heavy (non-hydrogen) atoms. The Kier molecular flexibility index (Phi) is 7.92. The highest BCUT2D eigenvalue weighted by atomic mass is 79.9. The van der Waals surface area contributed by atoms with Crippen molar-refractivity contribution in [2.45, 2.75) is 45.1 Å². The molecule has 0 aromatic rings. The summed E-state index contributed by atoms with van der Waals surface area (Å²) in [5, 5.41) is 4.56. The maximum Gasteiger partial charge on any atom is 0.220 e. The quantitative estimate of drug-likeness (QED) is 0.564. The first kappa shape index (κ1) is 14.4. The van der Waals surface area contributed by atoms with Gasteiger partial charge in [0.1, 0.15) is 0 Å². The average Bonchev–Trinajstić information content (AvgIpc) is 2.18. The SMILES string of the molecule is CCCCCC(=O)NC(C)(CBr)CBr. The molecule has 0 fully saturated rings. The van der Waals surface area contributed by atoms with Crippen molar-refractivity contribution in [3.63, 3.8) is 0 Å². The summed E-state index contributed by atoms with van der Waals surface area (Å²) in [6.45, 7) is 4.16. The number of carbonyl (C=O) groups excluding carboxylic acids is 1. The van der Waals surface area contributed by atoms with Crippen LogP contribution in [0, 0.1) is 0 Å². The minimum Gasteiger partial charge on any atom is -0.349 e. The lowest BCUT2D eigenvalue weighted by Gasteiger charge is -2.26. The van der Waals surface area contributed by atoms with E-state index in [0.717, 1.165) is 29.9 Å². The third-order valence-corrected chi connectivity index (χ3v) is 4.51. The maximum atomic E-state index is 11.5. The van der Waals surface area contributed by atoms with Crippen molar-refractivity contribution < 1.29 is 4.79 Å². The van der Waals surface area contributed by atoms with Gasteiger partial charge in [0.2, 0.25) is 5.91 Å². The smallest absolute Gasteiger partial charge is 0.220 e. The molecule has 0 aliphatic carbocycles. The number of rotatable bonds is 7. The van der Waals surface area contributed by atoms with Gasteiger partial charge in [0.15, 0.2) is 0 Å². The molecule has 0 bridgehead atoms. The van der Waals surface area contributed by atoms with Gasteiger partial charge in [0.05, 0.1) is 5.54 Å². The molecule has 0 aromatic carbocycles. The van der Waals surface area contributed by atoms with E-state index in [-0.39, 0.29) is 11.4 Å². The second-order valence-corrected chi connectivity index (χ2v) is 4.95. The Bertz CT molecular complexity index is 170. The van der Waals surface area contributed by atoms with Gasteiger partial charge in [0, 0.05) is 17.1 Å². The first-order chi connectivity index (χ1) is 6.58. The zero-order valence-electron chi connectivity index (χ0n) is 8.91. The van der Waals surface area contributed by atoms with Gasteiger partial charge in [-0.2, -0.15) is 0 Å². The first-order valence-corrected chi connectivity index (χ1v) is 7.25. The monoisotopic (exact) mass is 327 g/mol. The van der Waals surface area contributed by atoms with Crippen molar-refractivity contribution >= 4 is 37.8 Å². The number of hydrogen-bond acceptors (Lipinski definition) is 1. The Morgan fingerprint density at radius 2 is 1.86 bits per heavy atom. The number of halogens is 2. The van der Waals surface area contributed by atoms with Gasteiger partial charge < -0.3 is 5.32 Å². The van der Waals surface area contributed by atoms with Crippen LogP contribution in [0.4, 0.5) is 0 Å². The highest BCUT2D eigenvalue weighted by Crippen LogP contribution is 2.12. The molecule has 0 radical (unpaired) electrons. The maximum absolute atomic E-state index is 11.5. The third-order valence-electron chi connectivity index (χ3n) is 2.04. The molecule has 4 heteroatoms. The van der Waals surface area contributed by atoms with E-state index in [1.54, 1.807) is 0 Å². The lowest BCUT2D eigenvalue weighted by molar-refractivity contribution is -0.122. The van der Waals surface area contributed by atoms with E-state index >= 15 is 0 Å². The fourth-order valence-electron chi connectivity index (χ4n) is 1.04. The molecule has 0 aliphatic rings. The molecule has 0 saturated heterocycles. The number of carbonyl (C=O) groups is 1. The molecule has 1 amide bonds. The van der Waals surface area contributed by atoms with Crippen LogP contribution < -0.4 is 5.32 Å². The lowest BCUT2D eigenvalue weighted by Crippen LogP contribution is -2.48. The Morgan fingerprint density at radius 3 is 2.29 bits per heavy atom. The molecule has 84 valence electrons. The van der Waals surface area contributed by atoms with Crippen LogP contribution in [-0.2, 0) is 4.79 Å². The largest absolute Gasteiger partial charge is 0.349 e. The molecule has 0 saturated carbocycles. The average molecular weight is 329 g/mol. The molecule has 0 aliphatic heterocycles. The summed E-state index contributed by atoms with van der Waals surface area (Å²) in [5.41, 5.74) is -0.163. The van der Waals surface area contributed by atoms with Crippen LogP contribution in [0.25, 0.3) is 0 Å². The second-order valence-electron chi connectivity index (χ2n) is 3.83. The Balaban J connectivity index is 3.80. The molecule has 0 aromatic heterocycles.